The molecule has 35 heavy (non-hydrogen) atoms. The van der Waals surface area contributed by atoms with E-state index in [1.165, 1.54) is 13.3 Å². The van der Waals surface area contributed by atoms with Gasteiger partial charge >= 0.3 is 11.8 Å². The molecule has 0 radical (unpaired) electrons. The van der Waals surface area contributed by atoms with Gasteiger partial charge in [-0.2, -0.15) is 5.10 Å². The highest BCUT2D eigenvalue weighted by Crippen LogP contribution is 2.36. The van der Waals surface area contributed by atoms with Crippen molar-refractivity contribution in [1.29, 1.82) is 0 Å². The van der Waals surface area contributed by atoms with Crippen molar-refractivity contribution in [3.63, 3.8) is 0 Å². The van der Waals surface area contributed by atoms with Gasteiger partial charge in [-0.05, 0) is 46.1 Å². The highest BCUT2D eigenvalue weighted by Gasteiger charge is 2.20. The zero-order valence-electron chi connectivity index (χ0n) is 19.5. The third-order valence-electron chi connectivity index (χ3n) is 5.19. The predicted octanol–water partition coefficient (Wildman–Crippen LogP) is 2.02. The number of methoxy groups -OCH3 is 1. The Morgan fingerprint density at radius 1 is 1.17 bits per heavy atom. The normalized spacial score (nSPS) is 14.3. The molecule has 3 amide bonds. The summed E-state index contributed by atoms with van der Waals surface area (Å²) in [5, 5.41) is 6.47. The molecular weight excluding hydrogens is 520 g/mol. The number of carbonyl (C=O) groups is 3. The second-order valence-electron chi connectivity index (χ2n) is 7.62. The van der Waals surface area contributed by atoms with Gasteiger partial charge in [-0.25, -0.2) is 5.43 Å². The highest BCUT2D eigenvalue weighted by molar-refractivity contribution is 9.10. The van der Waals surface area contributed by atoms with Crippen LogP contribution in [-0.4, -0.2) is 68.9 Å². The smallest absolute Gasteiger partial charge is 0.329 e. The molecule has 0 unspecified atom stereocenters. The number of halogens is 1. The maximum absolute atomic E-state index is 12.4. The van der Waals surface area contributed by atoms with Crippen LogP contribution in [-0.2, 0) is 19.1 Å². The fourth-order valence-electron chi connectivity index (χ4n) is 3.30. The largest absolute Gasteiger partial charge is 0.493 e. The van der Waals surface area contributed by atoms with E-state index in [0.717, 1.165) is 5.56 Å². The summed E-state index contributed by atoms with van der Waals surface area (Å²) in [4.78, 5) is 38.3. The summed E-state index contributed by atoms with van der Waals surface area (Å²) in [7, 11) is 1.47. The third kappa shape index (κ3) is 7.52. The maximum atomic E-state index is 12.4. The van der Waals surface area contributed by atoms with Gasteiger partial charge in [0.2, 0.25) is 0 Å². The van der Waals surface area contributed by atoms with Gasteiger partial charge in [-0.1, -0.05) is 30.3 Å². The second kappa shape index (κ2) is 12.9. The zero-order chi connectivity index (χ0) is 25.2. The van der Waals surface area contributed by atoms with Crippen molar-refractivity contribution in [3.8, 4) is 11.5 Å². The molecule has 1 saturated heterocycles. The van der Waals surface area contributed by atoms with E-state index < -0.39 is 11.8 Å². The van der Waals surface area contributed by atoms with Gasteiger partial charge in [0, 0.05) is 13.1 Å². The Bertz CT molecular complexity index is 1070. The number of nitrogens with zero attached hydrogens (tertiary/aromatic N) is 2. The van der Waals surface area contributed by atoms with Crippen LogP contribution in [0.25, 0.3) is 0 Å². The molecule has 1 aliphatic heterocycles. The Labute approximate surface area is 211 Å². The summed E-state index contributed by atoms with van der Waals surface area (Å²) in [5.74, 6) is -1.10. The Balaban J connectivity index is 1.56. The third-order valence-corrected chi connectivity index (χ3v) is 5.78. The SMILES string of the molecule is COc1cc(/C=N\NC(=O)C(=O)N[C@H](C)c2ccccc2)cc(Br)c1OCC(=O)N1CCOCC1. The lowest BCUT2D eigenvalue weighted by Gasteiger charge is -2.26. The summed E-state index contributed by atoms with van der Waals surface area (Å²) in [6.45, 7) is 3.73. The van der Waals surface area contributed by atoms with Crippen LogP contribution in [0, 0.1) is 0 Å². The highest BCUT2D eigenvalue weighted by atomic mass is 79.9. The topological polar surface area (TPSA) is 119 Å². The molecule has 1 aliphatic rings. The minimum atomic E-state index is -0.892. The first-order valence-electron chi connectivity index (χ1n) is 10.9. The van der Waals surface area contributed by atoms with E-state index in [-0.39, 0.29) is 18.6 Å². The first kappa shape index (κ1) is 26.2. The number of carbonyl (C=O) groups excluding carboxylic acids is 3. The van der Waals surface area contributed by atoms with Crippen LogP contribution >= 0.6 is 15.9 Å². The molecule has 0 aliphatic carbocycles. The van der Waals surface area contributed by atoms with E-state index in [1.807, 2.05) is 30.3 Å². The molecule has 2 aromatic carbocycles. The number of nitrogens with one attached hydrogen (secondary N) is 2. The van der Waals surface area contributed by atoms with Gasteiger partial charge < -0.3 is 24.4 Å². The first-order chi connectivity index (χ1) is 16.9. The van der Waals surface area contributed by atoms with E-state index >= 15 is 0 Å². The van der Waals surface area contributed by atoms with Gasteiger partial charge in [-0.3, -0.25) is 14.4 Å². The van der Waals surface area contributed by atoms with Crippen LogP contribution in [0.3, 0.4) is 0 Å². The number of benzene rings is 2. The molecule has 0 aromatic heterocycles. The first-order valence-corrected chi connectivity index (χ1v) is 11.7. The summed E-state index contributed by atoms with van der Waals surface area (Å²) in [6, 6.07) is 12.3. The van der Waals surface area contributed by atoms with Gasteiger partial charge in [0.1, 0.15) is 0 Å². The quantitative estimate of drug-likeness (QED) is 0.297. The molecule has 11 heteroatoms. The minimum Gasteiger partial charge on any atom is -0.493 e. The Kier molecular flexibility index (Phi) is 9.62. The molecule has 10 nitrogen and oxygen atoms in total. The van der Waals surface area contributed by atoms with Crippen molar-refractivity contribution in [2.45, 2.75) is 13.0 Å². The van der Waals surface area contributed by atoms with E-state index in [2.05, 4.69) is 31.8 Å². The summed E-state index contributed by atoms with van der Waals surface area (Å²) in [5.41, 5.74) is 3.65. The molecule has 0 saturated carbocycles. The Hall–Kier alpha value is -3.44. The molecule has 3 rings (SSSR count). The monoisotopic (exact) mass is 546 g/mol. The molecule has 2 N–H and O–H groups in total. The van der Waals surface area contributed by atoms with Crippen LogP contribution in [0.1, 0.15) is 24.1 Å². The van der Waals surface area contributed by atoms with Crippen LogP contribution in [0.2, 0.25) is 0 Å². The minimum absolute atomic E-state index is 0.143. The van der Waals surface area contributed by atoms with E-state index in [1.54, 1.807) is 24.0 Å². The standard InChI is InChI=1S/C24H27BrN4O6/c1-16(18-6-4-3-5-7-18)27-23(31)24(32)28-26-14-17-12-19(25)22(20(13-17)33-2)35-15-21(30)29-8-10-34-11-9-29/h3-7,12-14,16H,8-11,15H2,1-2H3,(H,27,31)(H,28,32)/b26-14-/t16-/m1/s1. The molecule has 186 valence electrons. The second-order valence-corrected chi connectivity index (χ2v) is 8.48. The lowest BCUT2D eigenvalue weighted by atomic mass is 10.1. The molecular formula is C24H27BrN4O6. The number of ether oxygens (including phenoxy) is 3. The molecule has 0 bridgehead atoms. The molecule has 1 atom stereocenters. The van der Waals surface area contributed by atoms with Crippen LogP contribution in [0.5, 0.6) is 11.5 Å². The molecule has 1 fully saturated rings. The van der Waals surface area contributed by atoms with E-state index in [4.69, 9.17) is 14.2 Å². The van der Waals surface area contributed by atoms with Crippen molar-refractivity contribution in [2.75, 3.05) is 40.0 Å². The average molecular weight is 547 g/mol. The van der Waals surface area contributed by atoms with Gasteiger partial charge in [0.05, 0.1) is 37.1 Å². The van der Waals surface area contributed by atoms with Gasteiger partial charge in [0.25, 0.3) is 5.91 Å². The number of hydrazone groups is 1. The molecule has 0 spiro atoms. The van der Waals surface area contributed by atoms with Gasteiger partial charge in [-0.15, -0.1) is 0 Å². The van der Waals surface area contributed by atoms with Crippen molar-refractivity contribution in [2.24, 2.45) is 5.10 Å². The molecule has 1 heterocycles. The van der Waals surface area contributed by atoms with Crippen LogP contribution in [0.15, 0.2) is 52.0 Å². The maximum Gasteiger partial charge on any atom is 0.329 e. The van der Waals surface area contributed by atoms with Gasteiger partial charge in [0.15, 0.2) is 18.1 Å². The van der Waals surface area contributed by atoms with Crippen molar-refractivity contribution >= 4 is 39.9 Å². The van der Waals surface area contributed by atoms with E-state index in [0.29, 0.717) is 47.8 Å². The number of hydrogen-bond donors (Lipinski definition) is 2. The number of rotatable bonds is 8. The number of morpholine rings is 1. The zero-order valence-corrected chi connectivity index (χ0v) is 21.0. The Morgan fingerprint density at radius 2 is 1.89 bits per heavy atom. The fraction of sp³-hybridized carbons (Fsp3) is 0.333. The van der Waals surface area contributed by atoms with Crippen molar-refractivity contribution in [3.05, 3.63) is 58.1 Å². The van der Waals surface area contributed by atoms with E-state index in [9.17, 15) is 14.4 Å². The summed E-state index contributed by atoms with van der Waals surface area (Å²) >= 11 is 3.42. The number of amides is 3. The number of hydrogen-bond acceptors (Lipinski definition) is 7. The summed E-state index contributed by atoms with van der Waals surface area (Å²) in [6.07, 6.45) is 1.36. The van der Waals surface area contributed by atoms with Crippen LogP contribution < -0.4 is 20.2 Å². The van der Waals surface area contributed by atoms with Crippen molar-refractivity contribution < 1.29 is 28.6 Å². The average Bonchev–Trinajstić information content (AvgIpc) is 2.88. The van der Waals surface area contributed by atoms with Crippen molar-refractivity contribution in [1.82, 2.24) is 15.6 Å². The Morgan fingerprint density at radius 3 is 2.57 bits per heavy atom. The predicted molar refractivity (Wildman–Crippen MR) is 132 cm³/mol. The molecule has 2 aromatic rings. The lowest BCUT2D eigenvalue weighted by Crippen LogP contribution is -2.43. The summed E-state index contributed by atoms with van der Waals surface area (Å²) < 4.78 is 16.9. The van der Waals surface area contributed by atoms with Crippen LogP contribution in [0.4, 0.5) is 0 Å². The lowest BCUT2D eigenvalue weighted by molar-refractivity contribution is -0.139. The fourth-order valence-corrected chi connectivity index (χ4v) is 3.87.